The third-order valence-electron chi connectivity index (χ3n) is 2.71. The van der Waals surface area contributed by atoms with Gasteiger partial charge >= 0.3 is 0 Å². The van der Waals surface area contributed by atoms with E-state index in [1.807, 2.05) is 24.3 Å². The highest BCUT2D eigenvalue weighted by Gasteiger charge is 2.06. The molecule has 0 spiro atoms. The zero-order valence-electron chi connectivity index (χ0n) is 9.81. The molecule has 0 aliphatic heterocycles. The molecule has 0 bridgehead atoms. The Balaban J connectivity index is 2.16. The summed E-state index contributed by atoms with van der Waals surface area (Å²) in [5, 5.41) is 22.2. The molecule has 1 atom stereocenters. The van der Waals surface area contributed by atoms with Crippen molar-refractivity contribution in [3.05, 3.63) is 40.5 Å². The van der Waals surface area contributed by atoms with Crippen LogP contribution in [-0.2, 0) is 6.54 Å². The number of aliphatic hydroxyl groups excluding tert-OH is 2. The van der Waals surface area contributed by atoms with Crippen LogP contribution in [0, 0.1) is 0 Å². The van der Waals surface area contributed by atoms with Crippen molar-refractivity contribution in [3.8, 4) is 0 Å². The van der Waals surface area contributed by atoms with Crippen LogP contribution in [0.5, 0.6) is 0 Å². The summed E-state index contributed by atoms with van der Waals surface area (Å²) in [5.41, 5.74) is 2.01. The van der Waals surface area contributed by atoms with Gasteiger partial charge in [-0.2, -0.15) is 0 Å². The maximum atomic E-state index is 9.26. The minimum Gasteiger partial charge on any atom is -0.394 e. The third-order valence-corrected chi connectivity index (χ3v) is 3.40. The largest absolute Gasteiger partial charge is 0.394 e. The summed E-state index contributed by atoms with van der Waals surface area (Å²) in [7, 11) is 0. The fourth-order valence-electron chi connectivity index (χ4n) is 1.78. The molecule has 4 nitrogen and oxygen atoms in total. The molecule has 1 aromatic heterocycles. The van der Waals surface area contributed by atoms with E-state index >= 15 is 0 Å². The van der Waals surface area contributed by atoms with Gasteiger partial charge < -0.3 is 15.5 Å². The lowest BCUT2D eigenvalue weighted by Gasteiger charge is -2.11. The van der Waals surface area contributed by atoms with Gasteiger partial charge in [-0.05, 0) is 17.7 Å². The quantitative estimate of drug-likeness (QED) is 0.782. The average molecular weight is 311 g/mol. The molecular formula is C13H15BrN2O2. The van der Waals surface area contributed by atoms with Gasteiger partial charge in [0.05, 0.1) is 18.2 Å². The van der Waals surface area contributed by atoms with Crippen molar-refractivity contribution in [1.29, 1.82) is 0 Å². The van der Waals surface area contributed by atoms with E-state index in [9.17, 15) is 5.11 Å². The first kappa shape index (κ1) is 13.4. The fourth-order valence-corrected chi connectivity index (χ4v) is 2.23. The number of hydrogen-bond acceptors (Lipinski definition) is 4. The summed E-state index contributed by atoms with van der Waals surface area (Å²) in [5.74, 6) is 0. The van der Waals surface area contributed by atoms with E-state index < -0.39 is 6.10 Å². The van der Waals surface area contributed by atoms with Crippen molar-refractivity contribution in [2.24, 2.45) is 0 Å². The number of nitrogens with zero attached hydrogens (tertiary/aromatic N) is 1. The van der Waals surface area contributed by atoms with E-state index in [1.54, 1.807) is 6.20 Å². The molecule has 1 heterocycles. The first-order chi connectivity index (χ1) is 8.72. The van der Waals surface area contributed by atoms with Crippen LogP contribution in [0.25, 0.3) is 10.9 Å². The number of aromatic nitrogens is 1. The summed E-state index contributed by atoms with van der Waals surface area (Å²) >= 11 is 3.50. The first-order valence-corrected chi connectivity index (χ1v) is 6.53. The molecule has 0 amide bonds. The molecular weight excluding hydrogens is 296 g/mol. The second kappa shape index (κ2) is 6.24. The lowest BCUT2D eigenvalue weighted by atomic mass is 10.1. The summed E-state index contributed by atoms with van der Waals surface area (Å²) in [6.07, 6.45) is 1.04. The predicted molar refractivity (Wildman–Crippen MR) is 74.2 cm³/mol. The average Bonchev–Trinajstić information content (AvgIpc) is 2.41. The van der Waals surface area contributed by atoms with Crippen LogP contribution in [-0.4, -0.2) is 34.5 Å². The van der Waals surface area contributed by atoms with Gasteiger partial charge in [-0.25, -0.2) is 0 Å². The molecule has 2 rings (SSSR count). The summed E-state index contributed by atoms with van der Waals surface area (Å²) in [6, 6.07) is 7.90. The first-order valence-electron chi connectivity index (χ1n) is 5.74. The molecule has 18 heavy (non-hydrogen) atoms. The van der Waals surface area contributed by atoms with Gasteiger partial charge in [0, 0.05) is 29.1 Å². The maximum Gasteiger partial charge on any atom is 0.0895 e. The summed E-state index contributed by atoms with van der Waals surface area (Å²) < 4.78 is 1.02. The minimum atomic E-state index is -0.723. The number of nitrogens with one attached hydrogen (secondary N) is 1. The minimum absolute atomic E-state index is 0.230. The van der Waals surface area contributed by atoms with Crippen molar-refractivity contribution in [2.75, 3.05) is 13.2 Å². The van der Waals surface area contributed by atoms with Crippen LogP contribution < -0.4 is 5.32 Å². The zero-order valence-corrected chi connectivity index (χ0v) is 11.4. The Labute approximate surface area is 114 Å². The standard InChI is InChI=1S/C13H15BrN2O2/c14-12-4-3-9(6-15-7-10(18)8-17)13-11(12)2-1-5-16-13/h1-5,10,15,17-18H,6-8H2. The lowest BCUT2D eigenvalue weighted by Crippen LogP contribution is -2.29. The van der Waals surface area contributed by atoms with Crippen LogP contribution in [0.4, 0.5) is 0 Å². The molecule has 0 radical (unpaired) electrons. The smallest absolute Gasteiger partial charge is 0.0895 e. The third kappa shape index (κ3) is 3.05. The molecule has 3 N–H and O–H groups in total. The van der Waals surface area contributed by atoms with Gasteiger partial charge in [0.1, 0.15) is 0 Å². The molecule has 0 saturated carbocycles. The predicted octanol–water partition coefficient (Wildman–Crippen LogP) is 1.44. The number of pyridine rings is 1. The van der Waals surface area contributed by atoms with Crippen LogP contribution in [0.3, 0.4) is 0 Å². The van der Waals surface area contributed by atoms with Crippen molar-refractivity contribution in [2.45, 2.75) is 12.6 Å². The number of halogens is 1. The molecule has 0 fully saturated rings. The molecule has 2 aromatic rings. The molecule has 0 aliphatic carbocycles. The Kier molecular flexibility index (Phi) is 4.66. The molecule has 5 heteroatoms. The van der Waals surface area contributed by atoms with E-state index in [0.717, 1.165) is 20.9 Å². The molecule has 0 aliphatic rings. The highest BCUT2D eigenvalue weighted by molar-refractivity contribution is 9.10. The van der Waals surface area contributed by atoms with Gasteiger partial charge in [-0.3, -0.25) is 4.98 Å². The SMILES string of the molecule is OCC(O)CNCc1ccc(Br)c2cccnc12. The number of aliphatic hydroxyl groups is 2. The Morgan fingerprint density at radius 3 is 2.94 bits per heavy atom. The zero-order chi connectivity index (χ0) is 13.0. The van der Waals surface area contributed by atoms with Crippen LogP contribution in [0.2, 0.25) is 0 Å². The van der Waals surface area contributed by atoms with Gasteiger partial charge in [0.25, 0.3) is 0 Å². The topological polar surface area (TPSA) is 65.4 Å². The van der Waals surface area contributed by atoms with Crippen LogP contribution in [0.1, 0.15) is 5.56 Å². The van der Waals surface area contributed by atoms with Crippen molar-refractivity contribution >= 4 is 26.8 Å². The second-order valence-corrected chi connectivity index (χ2v) is 4.93. The van der Waals surface area contributed by atoms with E-state index in [4.69, 9.17) is 5.11 Å². The van der Waals surface area contributed by atoms with E-state index in [1.165, 1.54) is 0 Å². The number of fused-ring (bicyclic) bond motifs is 1. The molecule has 0 saturated heterocycles. The van der Waals surface area contributed by atoms with Gasteiger partial charge in [-0.15, -0.1) is 0 Å². The summed E-state index contributed by atoms with van der Waals surface area (Å²) in [6.45, 7) is 0.741. The van der Waals surface area contributed by atoms with Gasteiger partial charge in [-0.1, -0.05) is 28.1 Å². The van der Waals surface area contributed by atoms with E-state index in [-0.39, 0.29) is 6.61 Å². The van der Waals surface area contributed by atoms with Crippen LogP contribution >= 0.6 is 15.9 Å². The molecule has 1 unspecified atom stereocenters. The van der Waals surface area contributed by atoms with Gasteiger partial charge in [0.15, 0.2) is 0 Å². The normalized spacial score (nSPS) is 12.8. The molecule has 1 aromatic carbocycles. The monoisotopic (exact) mass is 310 g/mol. The Morgan fingerprint density at radius 2 is 2.17 bits per heavy atom. The van der Waals surface area contributed by atoms with E-state index in [0.29, 0.717) is 13.1 Å². The Hall–Kier alpha value is -1.01. The number of benzene rings is 1. The number of rotatable bonds is 5. The van der Waals surface area contributed by atoms with E-state index in [2.05, 4.69) is 26.2 Å². The van der Waals surface area contributed by atoms with Crippen molar-refractivity contribution in [3.63, 3.8) is 0 Å². The summed E-state index contributed by atoms with van der Waals surface area (Å²) in [4.78, 5) is 4.38. The Morgan fingerprint density at radius 1 is 1.33 bits per heavy atom. The number of hydrogen-bond donors (Lipinski definition) is 3. The lowest BCUT2D eigenvalue weighted by molar-refractivity contribution is 0.0942. The second-order valence-electron chi connectivity index (χ2n) is 4.07. The fraction of sp³-hybridized carbons (Fsp3) is 0.308. The van der Waals surface area contributed by atoms with Crippen molar-refractivity contribution in [1.82, 2.24) is 10.3 Å². The van der Waals surface area contributed by atoms with Gasteiger partial charge in [0.2, 0.25) is 0 Å². The highest BCUT2D eigenvalue weighted by atomic mass is 79.9. The molecule has 96 valence electrons. The maximum absolute atomic E-state index is 9.26. The Bertz CT molecular complexity index is 533. The van der Waals surface area contributed by atoms with Crippen LogP contribution in [0.15, 0.2) is 34.9 Å². The highest BCUT2D eigenvalue weighted by Crippen LogP contribution is 2.24. The van der Waals surface area contributed by atoms with Crippen molar-refractivity contribution < 1.29 is 10.2 Å².